The average Bonchev–Trinajstić information content (AvgIpc) is 3.04. The Morgan fingerprint density at radius 1 is 1.39 bits per heavy atom. The first-order chi connectivity index (χ1) is 10.9. The van der Waals surface area contributed by atoms with Gasteiger partial charge in [0.1, 0.15) is 5.60 Å². The van der Waals surface area contributed by atoms with Gasteiger partial charge >= 0.3 is 6.09 Å². The van der Waals surface area contributed by atoms with E-state index in [9.17, 15) is 4.79 Å². The molecule has 2 atom stereocenters. The molecule has 1 saturated carbocycles. The summed E-state index contributed by atoms with van der Waals surface area (Å²) in [5, 5.41) is 10.9. The molecule has 6 heteroatoms. The van der Waals surface area contributed by atoms with Gasteiger partial charge in [-0.3, -0.25) is 4.68 Å². The highest BCUT2D eigenvalue weighted by Crippen LogP contribution is 2.20. The summed E-state index contributed by atoms with van der Waals surface area (Å²) in [4.78, 5) is 11.9. The molecule has 1 fully saturated rings. The number of alkyl carbamates (subject to hydrolysis) is 1. The Morgan fingerprint density at radius 2 is 2.13 bits per heavy atom. The molecule has 0 spiro atoms. The molecule has 1 aromatic rings. The van der Waals surface area contributed by atoms with Gasteiger partial charge in [-0.05, 0) is 46.5 Å². The van der Waals surface area contributed by atoms with Gasteiger partial charge in [-0.25, -0.2) is 4.79 Å². The third-order valence-electron chi connectivity index (χ3n) is 3.93. The fourth-order valence-corrected chi connectivity index (χ4v) is 2.93. The average molecular weight is 322 g/mol. The number of aryl methyl sites for hydroxylation is 1. The van der Waals surface area contributed by atoms with Crippen molar-refractivity contribution in [3.63, 3.8) is 0 Å². The van der Waals surface area contributed by atoms with Crippen molar-refractivity contribution in [3.05, 3.63) is 18.0 Å². The van der Waals surface area contributed by atoms with Crippen molar-refractivity contribution in [1.29, 1.82) is 0 Å². The van der Waals surface area contributed by atoms with Crippen LogP contribution >= 0.6 is 0 Å². The molecule has 2 unspecified atom stereocenters. The van der Waals surface area contributed by atoms with Gasteiger partial charge in [0.25, 0.3) is 0 Å². The second kappa shape index (κ2) is 7.81. The molecule has 23 heavy (non-hydrogen) atoms. The van der Waals surface area contributed by atoms with Crippen molar-refractivity contribution in [3.8, 4) is 0 Å². The molecule has 1 aliphatic rings. The summed E-state index contributed by atoms with van der Waals surface area (Å²) in [5.74, 6) is 0. The van der Waals surface area contributed by atoms with Crippen LogP contribution in [0.4, 0.5) is 4.79 Å². The maximum atomic E-state index is 11.9. The Balaban J connectivity index is 1.80. The van der Waals surface area contributed by atoms with Crippen LogP contribution in [0.15, 0.2) is 12.4 Å². The third kappa shape index (κ3) is 5.86. The van der Waals surface area contributed by atoms with E-state index in [1.165, 1.54) is 5.56 Å². The number of carbonyl (C=O) groups excluding carboxylic acids is 1. The van der Waals surface area contributed by atoms with Crippen LogP contribution in [0.5, 0.6) is 0 Å². The Morgan fingerprint density at radius 3 is 2.83 bits per heavy atom. The first-order valence-electron chi connectivity index (χ1n) is 8.61. The maximum Gasteiger partial charge on any atom is 0.407 e. The van der Waals surface area contributed by atoms with Gasteiger partial charge < -0.3 is 15.4 Å². The number of ether oxygens (including phenoxy) is 1. The summed E-state index contributed by atoms with van der Waals surface area (Å²) in [7, 11) is 0. The number of nitrogens with zero attached hydrogens (tertiary/aromatic N) is 2. The smallest absolute Gasteiger partial charge is 0.407 e. The summed E-state index contributed by atoms with van der Waals surface area (Å²) in [5.41, 5.74) is 0.723. The van der Waals surface area contributed by atoms with Gasteiger partial charge in [0.05, 0.1) is 6.20 Å². The minimum absolute atomic E-state index is 0.135. The lowest BCUT2D eigenvalue weighted by molar-refractivity contribution is 0.0498. The molecule has 0 radical (unpaired) electrons. The van der Waals surface area contributed by atoms with E-state index in [0.717, 1.165) is 38.8 Å². The van der Waals surface area contributed by atoms with Crippen LogP contribution in [0.1, 0.15) is 58.9 Å². The van der Waals surface area contributed by atoms with E-state index >= 15 is 0 Å². The molecule has 2 rings (SSSR count). The number of hydrogen-bond acceptors (Lipinski definition) is 4. The number of carbonyl (C=O) groups is 1. The monoisotopic (exact) mass is 322 g/mol. The quantitative estimate of drug-likeness (QED) is 0.845. The number of rotatable bonds is 6. The van der Waals surface area contributed by atoms with Gasteiger partial charge in [0.2, 0.25) is 0 Å². The summed E-state index contributed by atoms with van der Waals surface area (Å²) >= 11 is 0. The minimum atomic E-state index is -0.459. The summed E-state index contributed by atoms with van der Waals surface area (Å²) < 4.78 is 7.32. The van der Waals surface area contributed by atoms with Crippen molar-refractivity contribution in [1.82, 2.24) is 20.4 Å². The lowest BCUT2D eigenvalue weighted by Gasteiger charge is -2.25. The van der Waals surface area contributed by atoms with E-state index in [1.807, 2.05) is 31.6 Å². The van der Waals surface area contributed by atoms with E-state index in [0.29, 0.717) is 0 Å². The van der Waals surface area contributed by atoms with E-state index in [1.54, 1.807) is 0 Å². The van der Waals surface area contributed by atoms with Crippen molar-refractivity contribution < 1.29 is 9.53 Å². The molecule has 1 aliphatic carbocycles. The Kier molecular flexibility index (Phi) is 6.04. The van der Waals surface area contributed by atoms with Crippen molar-refractivity contribution >= 4 is 6.09 Å². The van der Waals surface area contributed by atoms with Crippen molar-refractivity contribution in [2.24, 2.45) is 0 Å². The van der Waals surface area contributed by atoms with Crippen LogP contribution in [0.25, 0.3) is 0 Å². The van der Waals surface area contributed by atoms with Crippen LogP contribution in [0.3, 0.4) is 0 Å². The molecule has 1 heterocycles. The SMILES string of the molecule is CCCn1cc(CNC2CCCC2NC(=O)OC(C)(C)C)cn1. The van der Waals surface area contributed by atoms with E-state index in [4.69, 9.17) is 4.74 Å². The van der Waals surface area contributed by atoms with Gasteiger partial charge in [-0.15, -0.1) is 0 Å². The largest absolute Gasteiger partial charge is 0.444 e. The number of hydrogen-bond donors (Lipinski definition) is 2. The lowest BCUT2D eigenvalue weighted by atomic mass is 10.1. The molecule has 0 aromatic carbocycles. The highest BCUT2D eigenvalue weighted by atomic mass is 16.6. The highest BCUT2D eigenvalue weighted by molar-refractivity contribution is 5.68. The zero-order valence-corrected chi connectivity index (χ0v) is 14.8. The zero-order valence-electron chi connectivity index (χ0n) is 14.8. The van der Waals surface area contributed by atoms with Gasteiger partial charge in [-0.2, -0.15) is 5.10 Å². The van der Waals surface area contributed by atoms with E-state index < -0.39 is 5.60 Å². The first-order valence-corrected chi connectivity index (χ1v) is 8.61. The standard InChI is InChI=1S/C17H30N4O2/c1-5-9-21-12-13(11-19-21)10-18-14-7-6-8-15(14)20-16(22)23-17(2,3)4/h11-12,14-15,18H,5-10H2,1-4H3,(H,20,22). The van der Waals surface area contributed by atoms with Crippen LogP contribution in [-0.4, -0.2) is 33.6 Å². The molecule has 6 nitrogen and oxygen atoms in total. The summed E-state index contributed by atoms with van der Waals surface area (Å²) in [6.45, 7) is 9.51. The highest BCUT2D eigenvalue weighted by Gasteiger charge is 2.29. The number of nitrogens with one attached hydrogen (secondary N) is 2. The molecular weight excluding hydrogens is 292 g/mol. The third-order valence-corrected chi connectivity index (χ3v) is 3.93. The number of amides is 1. The predicted molar refractivity (Wildman–Crippen MR) is 90.2 cm³/mol. The lowest BCUT2D eigenvalue weighted by Crippen LogP contribution is -2.47. The normalized spacial score (nSPS) is 21.4. The first kappa shape index (κ1) is 17.8. The second-order valence-electron chi connectivity index (χ2n) is 7.28. The van der Waals surface area contributed by atoms with Crippen molar-refractivity contribution in [2.45, 2.75) is 84.2 Å². The van der Waals surface area contributed by atoms with Gasteiger partial charge in [-0.1, -0.05) is 6.92 Å². The molecule has 0 saturated heterocycles. The summed E-state index contributed by atoms with van der Waals surface area (Å²) in [6, 6.07) is 0.424. The molecule has 0 bridgehead atoms. The van der Waals surface area contributed by atoms with Crippen molar-refractivity contribution in [2.75, 3.05) is 0 Å². The fraction of sp³-hybridized carbons (Fsp3) is 0.765. The van der Waals surface area contributed by atoms with Gasteiger partial charge in [0, 0.05) is 36.9 Å². The van der Waals surface area contributed by atoms with Crippen LogP contribution < -0.4 is 10.6 Å². The molecule has 1 aromatic heterocycles. The molecule has 1 amide bonds. The van der Waals surface area contributed by atoms with E-state index in [-0.39, 0.29) is 18.2 Å². The molecule has 2 N–H and O–H groups in total. The fourth-order valence-electron chi connectivity index (χ4n) is 2.93. The summed E-state index contributed by atoms with van der Waals surface area (Å²) in [6.07, 6.45) is 7.93. The van der Waals surface area contributed by atoms with Crippen LogP contribution in [0.2, 0.25) is 0 Å². The molecule has 0 aliphatic heterocycles. The topological polar surface area (TPSA) is 68.2 Å². The van der Waals surface area contributed by atoms with Gasteiger partial charge in [0.15, 0.2) is 0 Å². The Labute approximate surface area is 139 Å². The number of aromatic nitrogens is 2. The second-order valence-corrected chi connectivity index (χ2v) is 7.28. The van der Waals surface area contributed by atoms with Crippen LogP contribution in [0, 0.1) is 0 Å². The Bertz CT molecular complexity index is 507. The molecule has 130 valence electrons. The maximum absolute atomic E-state index is 11.9. The predicted octanol–water partition coefficient (Wildman–Crippen LogP) is 2.83. The Hall–Kier alpha value is -1.56. The minimum Gasteiger partial charge on any atom is -0.444 e. The molecular formula is C17H30N4O2. The zero-order chi connectivity index (χ0) is 16.9. The van der Waals surface area contributed by atoms with Crippen LogP contribution in [-0.2, 0) is 17.8 Å². The van der Waals surface area contributed by atoms with E-state index in [2.05, 4.69) is 28.9 Å².